The van der Waals surface area contributed by atoms with Gasteiger partial charge in [0.25, 0.3) is 0 Å². The van der Waals surface area contributed by atoms with Crippen LogP contribution in [0.3, 0.4) is 0 Å². The van der Waals surface area contributed by atoms with Gasteiger partial charge >= 0.3 is 0 Å². The van der Waals surface area contributed by atoms with Crippen LogP contribution in [0.1, 0.15) is 16.8 Å². The topological polar surface area (TPSA) is 74.6 Å². The zero-order valence-corrected chi connectivity index (χ0v) is 7.43. The second-order valence-corrected chi connectivity index (χ2v) is 2.84. The molecule has 0 bridgehead atoms. The SMILES string of the molecule is O=C(CO)CC(=O)c1ccc(O)cc1. The lowest BCUT2D eigenvalue weighted by atomic mass is 10.1. The summed E-state index contributed by atoms with van der Waals surface area (Å²) in [6.45, 7) is -0.621. The van der Waals surface area contributed by atoms with Crippen LogP contribution in [0.4, 0.5) is 0 Å². The van der Waals surface area contributed by atoms with Gasteiger partial charge in [0.2, 0.25) is 0 Å². The van der Waals surface area contributed by atoms with E-state index in [-0.39, 0.29) is 18.0 Å². The first kappa shape index (κ1) is 10.4. The molecule has 0 aromatic heterocycles. The summed E-state index contributed by atoms with van der Waals surface area (Å²) in [5.41, 5.74) is 0.351. The quantitative estimate of drug-likeness (QED) is 0.541. The second kappa shape index (κ2) is 4.53. The molecule has 1 aromatic carbocycles. The van der Waals surface area contributed by atoms with Crippen LogP contribution in [0.2, 0.25) is 0 Å². The molecular weight excluding hydrogens is 184 g/mol. The Morgan fingerprint density at radius 3 is 2.21 bits per heavy atom. The van der Waals surface area contributed by atoms with Crippen LogP contribution in [0, 0.1) is 0 Å². The molecule has 0 aliphatic rings. The van der Waals surface area contributed by atoms with Crippen molar-refractivity contribution in [3.8, 4) is 5.75 Å². The van der Waals surface area contributed by atoms with E-state index in [9.17, 15) is 9.59 Å². The van der Waals surface area contributed by atoms with Crippen molar-refractivity contribution in [2.45, 2.75) is 6.42 Å². The maximum atomic E-state index is 11.3. The van der Waals surface area contributed by atoms with Crippen molar-refractivity contribution < 1.29 is 19.8 Å². The van der Waals surface area contributed by atoms with Crippen LogP contribution in [0.25, 0.3) is 0 Å². The average molecular weight is 194 g/mol. The van der Waals surface area contributed by atoms with Gasteiger partial charge in [0.05, 0.1) is 6.42 Å². The molecular formula is C10H10O4. The number of carbonyl (C=O) groups excluding carboxylic acids is 2. The third kappa shape index (κ3) is 2.67. The van der Waals surface area contributed by atoms with Crippen molar-refractivity contribution in [2.24, 2.45) is 0 Å². The molecule has 74 valence electrons. The van der Waals surface area contributed by atoms with Crippen molar-refractivity contribution in [1.82, 2.24) is 0 Å². The van der Waals surface area contributed by atoms with E-state index in [0.29, 0.717) is 5.56 Å². The number of aromatic hydroxyl groups is 1. The molecule has 4 nitrogen and oxygen atoms in total. The molecule has 0 heterocycles. The fraction of sp³-hybridized carbons (Fsp3) is 0.200. The number of aliphatic hydroxyl groups is 1. The third-order valence-corrected chi connectivity index (χ3v) is 1.72. The summed E-state index contributed by atoms with van der Waals surface area (Å²) < 4.78 is 0. The van der Waals surface area contributed by atoms with E-state index in [4.69, 9.17) is 10.2 Å². The molecule has 14 heavy (non-hydrogen) atoms. The number of rotatable bonds is 4. The second-order valence-electron chi connectivity index (χ2n) is 2.84. The zero-order valence-electron chi connectivity index (χ0n) is 7.43. The predicted octanol–water partition coefficient (Wildman–Crippen LogP) is 0.526. The van der Waals surface area contributed by atoms with E-state index in [1.54, 1.807) is 0 Å². The van der Waals surface area contributed by atoms with E-state index >= 15 is 0 Å². The first-order chi connectivity index (χ1) is 6.63. The minimum absolute atomic E-state index is 0.0648. The zero-order chi connectivity index (χ0) is 10.6. The Hall–Kier alpha value is -1.68. The van der Waals surface area contributed by atoms with Gasteiger partial charge in [-0.3, -0.25) is 9.59 Å². The first-order valence-electron chi connectivity index (χ1n) is 4.08. The molecule has 0 radical (unpaired) electrons. The van der Waals surface area contributed by atoms with Gasteiger partial charge in [0, 0.05) is 5.56 Å². The molecule has 4 heteroatoms. The smallest absolute Gasteiger partial charge is 0.170 e. The highest BCUT2D eigenvalue weighted by Crippen LogP contribution is 2.11. The normalized spacial score (nSPS) is 9.79. The van der Waals surface area contributed by atoms with Crippen LogP contribution in [-0.2, 0) is 4.79 Å². The fourth-order valence-electron chi connectivity index (χ4n) is 0.984. The summed E-state index contributed by atoms with van der Waals surface area (Å²) >= 11 is 0. The van der Waals surface area contributed by atoms with Gasteiger partial charge in [-0.15, -0.1) is 0 Å². The van der Waals surface area contributed by atoms with Gasteiger partial charge in [0.1, 0.15) is 12.4 Å². The van der Waals surface area contributed by atoms with Gasteiger partial charge in [0.15, 0.2) is 11.6 Å². The van der Waals surface area contributed by atoms with Crippen molar-refractivity contribution in [1.29, 1.82) is 0 Å². The summed E-state index contributed by atoms with van der Waals surface area (Å²) in [4.78, 5) is 22.1. The van der Waals surface area contributed by atoms with Crippen LogP contribution in [0.5, 0.6) is 5.75 Å². The number of carbonyl (C=O) groups is 2. The van der Waals surface area contributed by atoms with Gasteiger partial charge < -0.3 is 10.2 Å². The summed E-state index contributed by atoms with van der Waals surface area (Å²) in [5.74, 6) is -0.804. The summed E-state index contributed by atoms with van der Waals surface area (Å²) in [6, 6.07) is 5.61. The van der Waals surface area contributed by atoms with Crippen LogP contribution in [-0.4, -0.2) is 28.4 Å². The molecule has 0 unspecified atom stereocenters. The van der Waals surface area contributed by atoms with Gasteiger partial charge in [-0.2, -0.15) is 0 Å². The van der Waals surface area contributed by atoms with Gasteiger partial charge in [-0.1, -0.05) is 0 Å². The molecule has 0 atom stereocenters. The van der Waals surface area contributed by atoms with Gasteiger partial charge in [-0.05, 0) is 24.3 Å². The largest absolute Gasteiger partial charge is 0.508 e. The predicted molar refractivity (Wildman–Crippen MR) is 49.1 cm³/mol. The van der Waals surface area contributed by atoms with Crippen molar-refractivity contribution in [3.63, 3.8) is 0 Å². The Morgan fingerprint density at radius 2 is 1.71 bits per heavy atom. The lowest BCUT2D eigenvalue weighted by molar-refractivity contribution is -0.120. The number of aliphatic hydroxyl groups excluding tert-OH is 1. The average Bonchev–Trinajstić information content (AvgIpc) is 2.18. The number of Topliss-reactive ketones (excluding diaryl/α,β-unsaturated/α-hetero) is 2. The maximum Gasteiger partial charge on any atom is 0.170 e. The molecule has 1 rings (SSSR count). The Labute approximate surface area is 80.8 Å². The molecule has 0 amide bonds. The number of hydrogen-bond donors (Lipinski definition) is 2. The molecule has 0 saturated carbocycles. The highest BCUT2D eigenvalue weighted by atomic mass is 16.3. The molecule has 0 saturated heterocycles. The van der Waals surface area contributed by atoms with Gasteiger partial charge in [-0.25, -0.2) is 0 Å². The molecule has 0 fully saturated rings. The minimum Gasteiger partial charge on any atom is -0.508 e. The maximum absolute atomic E-state index is 11.3. The summed E-state index contributed by atoms with van der Waals surface area (Å²) in [7, 11) is 0. The molecule has 2 N–H and O–H groups in total. The van der Waals surface area contributed by atoms with E-state index in [0.717, 1.165) is 0 Å². The van der Waals surface area contributed by atoms with Crippen LogP contribution >= 0.6 is 0 Å². The van der Waals surface area contributed by atoms with E-state index in [1.807, 2.05) is 0 Å². The Balaban J connectivity index is 2.70. The Morgan fingerprint density at radius 1 is 1.14 bits per heavy atom. The molecule has 1 aromatic rings. The van der Waals surface area contributed by atoms with Crippen molar-refractivity contribution in [3.05, 3.63) is 29.8 Å². The number of benzene rings is 1. The van der Waals surface area contributed by atoms with Crippen molar-refractivity contribution >= 4 is 11.6 Å². The fourth-order valence-corrected chi connectivity index (χ4v) is 0.984. The number of phenols is 1. The van der Waals surface area contributed by atoms with Crippen LogP contribution < -0.4 is 0 Å². The van der Waals surface area contributed by atoms with E-state index in [2.05, 4.69) is 0 Å². The number of hydrogen-bond acceptors (Lipinski definition) is 4. The monoisotopic (exact) mass is 194 g/mol. The molecule has 0 aliphatic heterocycles. The van der Waals surface area contributed by atoms with Crippen LogP contribution in [0.15, 0.2) is 24.3 Å². The highest BCUT2D eigenvalue weighted by molar-refractivity contribution is 6.08. The van der Waals surface area contributed by atoms with E-state index < -0.39 is 12.4 Å². The minimum atomic E-state index is -0.621. The lowest BCUT2D eigenvalue weighted by Crippen LogP contribution is -2.11. The van der Waals surface area contributed by atoms with Crippen molar-refractivity contribution in [2.75, 3.05) is 6.61 Å². The lowest BCUT2D eigenvalue weighted by Gasteiger charge is -1.98. The number of ketones is 2. The Bertz CT molecular complexity index is 340. The summed E-state index contributed by atoms with van der Waals surface area (Å²) in [5, 5.41) is 17.4. The molecule has 0 spiro atoms. The number of phenolic OH excluding ortho intramolecular Hbond substituents is 1. The highest BCUT2D eigenvalue weighted by Gasteiger charge is 2.10. The molecule has 0 aliphatic carbocycles. The first-order valence-corrected chi connectivity index (χ1v) is 4.08. The van der Waals surface area contributed by atoms with E-state index in [1.165, 1.54) is 24.3 Å². The summed E-state index contributed by atoms with van der Waals surface area (Å²) in [6.07, 6.45) is -0.304. The Kier molecular flexibility index (Phi) is 3.36. The standard InChI is InChI=1S/C10H10O4/c11-6-9(13)5-10(14)7-1-3-8(12)4-2-7/h1-4,11-12H,5-6H2. The third-order valence-electron chi connectivity index (χ3n) is 1.72.